The first-order chi connectivity index (χ1) is 8.91. The highest BCUT2D eigenvalue weighted by molar-refractivity contribution is 14.1. The second-order valence-corrected chi connectivity index (χ2v) is 8.46. The highest BCUT2D eigenvalue weighted by Crippen LogP contribution is 2.29. The lowest BCUT2D eigenvalue weighted by molar-refractivity contribution is 0.588. The molecule has 0 amide bonds. The smallest absolute Gasteiger partial charge is 0.0718 e. The molecule has 1 aromatic heterocycles. The zero-order valence-corrected chi connectivity index (χ0v) is 14.4. The Hall–Kier alpha value is -0.430. The van der Waals surface area contributed by atoms with E-state index in [0.29, 0.717) is 0 Å². The van der Waals surface area contributed by atoms with Crippen molar-refractivity contribution in [3.8, 4) is 0 Å². The summed E-state index contributed by atoms with van der Waals surface area (Å²) in [5, 5.41) is 2.16. The van der Waals surface area contributed by atoms with E-state index < -0.39 is 0 Å². The van der Waals surface area contributed by atoms with Crippen molar-refractivity contribution in [2.75, 3.05) is 0 Å². The van der Waals surface area contributed by atoms with Crippen LogP contribution in [0, 0.1) is 2.88 Å². The number of nitrogens with two attached hydrogens (primary N) is 1. The number of hydrogen-bond acceptors (Lipinski definition) is 3. The monoisotopic (exact) mass is 386 g/mol. The van der Waals surface area contributed by atoms with Crippen LogP contribution in [0.4, 0.5) is 0 Å². The molecule has 0 saturated heterocycles. The number of nitrogens with one attached hydrogen (secondary N) is 1. The fourth-order valence-electron chi connectivity index (χ4n) is 2.04. The number of thiophene rings is 1. The first-order valence-electron chi connectivity index (χ1n) is 6.22. The Morgan fingerprint density at radius 3 is 2.21 bits per heavy atom. The Labute approximate surface area is 132 Å². The summed E-state index contributed by atoms with van der Waals surface area (Å²) in [5.74, 6) is 5.72. The van der Waals surface area contributed by atoms with E-state index in [1.165, 1.54) is 19.6 Å². The van der Waals surface area contributed by atoms with E-state index >= 15 is 0 Å². The molecule has 0 aliphatic carbocycles. The minimum absolute atomic E-state index is 0.0637. The van der Waals surface area contributed by atoms with E-state index in [1.54, 1.807) is 11.3 Å². The lowest BCUT2D eigenvalue weighted by Gasteiger charge is -2.21. The minimum atomic E-state index is 0.0637. The van der Waals surface area contributed by atoms with Crippen molar-refractivity contribution in [1.29, 1.82) is 0 Å². The number of hydrogen-bond donors (Lipinski definition) is 2. The standard InChI is InChI=1S/C15H19IN2S/c1-15(2,3)12-6-4-10(5-7-12)14(18-17)11-8-13(16)19-9-11/h4-9,14,18H,17H2,1-3H3. The van der Waals surface area contributed by atoms with Gasteiger partial charge in [0.1, 0.15) is 0 Å². The van der Waals surface area contributed by atoms with Gasteiger partial charge in [-0.25, -0.2) is 5.43 Å². The Kier molecular flexibility index (Phi) is 4.66. The van der Waals surface area contributed by atoms with Gasteiger partial charge < -0.3 is 0 Å². The number of halogens is 1. The summed E-state index contributed by atoms with van der Waals surface area (Å²) in [5.41, 5.74) is 6.85. The van der Waals surface area contributed by atoms with Crippen LogP contribution in [-0.2, 0) is 5.41 Å². The SMILES string of the molecule is CC(C)(C)c1ccc(C(NN)c2csc(I)c2)cc1. The van der Waals surface area contributed by atoms with Gasteiger partial charge in [0.15, 0.2) is 0 Å². The number of rotatable bonds is 3. The van der Waals surface area contributed by atoms with Gasteiger partial charge in [-0.2, -0.15) is 0 Å². The van der Waals surface area contributed by atoms with Crippen molar-refractivity contribution in [2.24, 2.45) is 5.84 Å². The van der Waals surface area contributed by atoms with E-state index in [1.807, 2.05) is 0 Å². The zero-order chi connectivity index (χ0) is 14.0. The van der Waals surface area contributed by atoms with Crippen LogP contribution in [-0.4, -0.2) is 0 Å². The molecular formula is C15H19IN2S. The van der Waals surface area contributed by atoms with Crippen molar-refractivity contribution in [3.05, 3.63) is 55.3 Å². The molecule has 0 saturated carbocycles. The first kappa shape index (κ1) is 15.0. The van der Waals surface area contributed by atoms with Crippen molar-refractivity contribution in [3.63, 3.8) is 0 Å². The van der Waals surface area contributed by atoms with Crippen molar-refractivity contribution >= 4 is 33.9 Å². The van der Waals surface area contributed by atoms with E-state index in [2.05, 4.69) is 84.5 Å². The average Bonchev–Trinajstić information content (AvgIpc) is 2.76. The predicted molar refractivity (Wildman–Crippen MR) is 91.3 cm³/mol. The third-order valence-corrected chi connectivity index (χ3v) is 5.01. The molecule has 1 atom stereocenters. The van der Waals surface area contributed by atoms with Crippen LogP contribution < -0.4 is 11.3 Å². The van der Waals surface area contributed by atoms with Gasteiger partial charge in [-0.1, -0.05) is 45.0 Å². The van der Waals surface area contributed by atoms with Crippen molar-refractivity contribution in [1.82, 2.24) is 5.43 Å². The topological polar surface area (TPSA) is 38.0 Å². The fraction of sp³-hybridized carbons (Fsp3) is 0.333. The lowest BCUT2D eigenvalue weighted by atomic mass is 9.86. The highest BCUT2D eigenvalue weighted by Gasteiger charge is 2.17. The molecule has 1 aromatic carbocycles. The molecule has 4 heteroatoms. The molecule has 3 N–H and O–H groups in total. The molecule has 1 heterocycles. The van der Waals surface area contributed by atoms with Gasteiger partial charge in [0.25, 0.3) is 0 Å². The normalized spacial score (nSPS) is 13.5. The summed E-state index contributed by atoms with van der Waals surface area (Å²) in [4.78, 5) is 0. The van der Waals surface area contributed by atoms with Crippen LogP contribution in [0.15, 0.2) is 35.7 Å². The largest absolute Gasteiger partial charge is 0.271 e. The minimum Gasteiger partial charge on any atom is -0.271 e. The van der Waals surface area contributed by atoms with Gasteiger partial charge in [-0.3, -0.25) is 5.84 Å². The predicted octanol–water partition coefficient (Wildman–Crippen LogP) is 4.20. The van der Waals surface area contributed by atoms with Gasteiger partial charge in [0.05, 0.1) is 8.93 Å². The molecule has 0 spiro atoms. The van der Waals surface area contributed by atoms with E-state index in [4.69, 9.17) is 5.84 Å². The summed E-state index contributed by atoms with van der Waals surface area (Å²) >= 11 is 4.08. The van der Waals surface area contributed by atoms with E-state index in [0.717, 1.165) is 0 Å². The third-order valence-electron chi connectivity index (χ3n) is 3.20. The molecule has 0 bridgehead atoms. The van der Waals surface area contributed by atoms with E-state index in [-0.39, 0.29) is 11.5 Å². The molecule has 2 aromatic rings. The maximum atomic E-state index is 5.72. The first-order valence-corrected chi connectivity index (χ1v) is 8.18. The zero-order valence-electron chi connectivity index (χ0n) is 11.4. The van der Waals surface area contributed by atoms with Crippen LogP contribution in [0.5, 0.6) is 0 Å². The van der Waals surface area contributed by atoms with Crippen molar-refractivity contribution in [2.45, 2.75) is 32.2 Å². The van der Waals surface area contributed by atoms with Gasteiger partial charge in [0, 0.05) is 0 Å². The van der Waals surface area contributed by atoms with Crippen LogP contribution >= 0.6 is 33.9 Å². The number of hydrazine groups is 1. The average molecular weight is 386 g/mol. The molecule has 0 aliphatic rings. The third kappa shape index (κ3) is 3.56. The van der Waals surface area contributed by atoms with E-state index in [9.17, 15) is 0 Å². The molecule has 2 rings (SSSR count). The summed E-state index contributed by atoms with van der Waals surface area (Å²) in [7, 11) is 0. The molecule has 0 fully saturated rings. The summed E-state index contributed by atoms with van der Waals surface area (Å²) in [6.07, 6.45) is 0. The maximum Gasteiger partial charge on any atom is 0.0718 e. The number of benzene rings is 1. The molecular weight excluding hydrogens is 367 g/mol. The van der Waals surface area contributed by atoms with Gasteiger partial charge >= 0.3 is 0 Å². The van der Waals surface area contributed by atoms with Crippen LogP contribution in [0.25, 0.3) is 0 Å². The van der Waals surface area contributed by atoms with Crippen LogP contribution in [0.2, 0.25) is 0 Å². The van der Waals surface area contributed by atoms with Gasteiger partial charge in [-0.15, -0.1) is 11.3 Å². The summed E-state index contributed by atoms with van der Waals surface area (Å²) in [6, 6.07) is 10.9. The molecule has 2 nitrogen and oxygen atoms in total. The Bertz CT molecular complexity index is 540. The molecule has 1 unspecified atom stereocenters. The Balaban J connectivity index is 2.30. The van der Waals surface area contributed by atoms with Crippen molar-refractivity contribution < 1.29 is 0 Å². The molecule has 0 aliphatic heterocycles. The van der Waals surface area contributed by atoms with Crippen LogP contribution in [0.3, 0.4) is 0 Å². The second-order valence-electron chi connectivity index (χ2n) is 5.66. The molecule has 102 valence electrons. The summed E-state index contributed by atoms with van der Waals surface area (Å²) < 4.78 is 1.28. The highest BCUT2D eigenvalue weighted by atomic mass is 127. The van der Waals surface area contributed by atoms with Gasteiger partial charge in [-0.05, 0) is 56.1 Å². The molecule has 0 radical (unpaired) electrons. The van der Waals surface area contributed by atoms with Gasteiger partial charge in [0.2, 0.25) is 0 Å². The maximum absolute atomic E-state index is 5.72. The fourth-order valence-corrected chi connectivity index (χ4v) is 3.43. The second kappa shape index (κ2) is 5.91. The Morgan fingerprint density at radius 2 is 1.79 bits per heavy atom. The molecule has 19 heavy (non-hydrogen) atoms. The quantitative estimate of drug-likeness (QED) is 0.471. The summed E-state index contributed by atoms with van der Waals surface area (Å²) in [6.45, 7) is 6.67. The lowest BCUT2D eigenvalue weighted by Crippen LogP contribution is -2.28. The Morgan fingerprint density at radius 1 is 1.16 bits per heavy atom. The van der Waals surface area contributed by atoms with Crippen LogP contribution in [0.1, 0.15) is 43.5 Å².